The highest BCUT2D eigenvalue weighted by Gasteiger charge is 1.95. The zero-order chi connectivity index (χ0) is 17.7. The van der Waals surface area contributed by atoms with Crippen LogP contribution in [0.2, 0.25) is 0 Å². The molecule has 142 valence electrons. The van der Waals surface area contributed by atoms with Gasteiger partial charge in [0.1, 0.15) is 0 Å². The Kier molecular flexibility index (Phi) is 19.7. The fraction of sp³-hybridized carbons (Fsp3) is 0.826. The average Bonchev–Trinajstić information content (AvgIpc) is 2.60. The van der Waals surface area contributed by atoms with Crippen LogP contribution >= 0.6 is 0 Å². The lowest BCUT2D eigenvalue weighted by Crippen LogP contribution is -2.03. The predicted molar refractivity (Wildman–Crippen MR) is 112 cm³/mol. The van der Waals surface area contributed by atoms with Crippen LogP contribution in [0.4, 0.5) is 0 Å². The summed E-state index contributed by atoms with van der Waals surface area (Å²) in [6.45, 7) is 7.75. The van der Waals surface area contributed by atoms with E-state index in [9.17, 15) is 0 Å². The van der Waals surface area contributed by atoms with E-state index < -0.39 is 0 Å². The van der Waals surface area contributed by atoms with Crippen LogP contribution in [0.15, 0.2) is 24.9 Å². The zero-order valence-corrected chi connectivity index (χ0v) is 16.7. The molecular weight excluding hydrogens is 290 g/mol. The summed E-state index contributed by atoms with van der Waals surface area (Å²) in [4.78, 5) is 0. The molecule has 1 heteroatoms. The van der Waals surface area contributed by atoms with Crippen molar-refractivity contribution in [1.82, 2.24) is 5.32 Å². The van der Waals surface area contributed by atoms with Crippen LogP contribution in [0.1, 0.15) is 116 Å². The van der Waals surface area contributed by atoms with Crippen molar-refractivity contribution in [3.8, 4) is 0 Å². The topological polar surface area (TPSA) is 12.0 Å². The minimum atomic E-state index is 1.14. The maximum atomic E-state index is 3.97. The van der Waals surface area contributed by atoms with Crippen molar-refractivity contribution >= 4 is 0 Å². The summed E-state index contributed by atoms with van der Waals surface area (Å²) in [5.74, 6) is 0. The monoisotopic (exact) mass is 335 g/mol. The smallest absolute Gasteiger partial charge is 0.00310 e. The van der Waals surface area contributed by atoms with Gasteiger partial charge in [0.05, 0.1) is 0 Å². The molecule has 0 amide bonds. The summed E-state index contributed by atoms with van der Waals surface area (Å²) in [5.41, 5.74) is 1.18. The van der Waals surface area contributed by atoms with Crippen molar-refractivity contribution in [3.63, 3.8) is 0 Å². The summed E-state index contributed by atoms with van der Waals surface area (Å²) in [6, 6.07) is 0. The minimum Gasteiger partial charge on any atom is -0.392 e. The highest BCUT2D eigenvalue weighted by molar-refractivity contribution is 4.88. The molecule has 0 rings (SSSR count). The lowest BCUT2D eigenvalue weighted by molar-refractivity contribution is 0.527. The van der Waals surface area contributed by atoms with Gasteiger partial charge in [-0.2, -0.15) is 0 Å². The van der Waals surface area contributed by atoms with Crippen LogP contribution in [0.5, 0.6) is 0 Å². The minimum absolute atomic E-state index is 1.14. The molecule has 0 atom stereocenters. The Morgan fingerprint density at radius 1 is 0.625 bits per heavy atom. The van der Waals surface area contributed by atoms with Crippen molar-refractivity contribution in [2.24, 2.45) is 0 Å². The normalized spacial score (nSPS) is 10.7. The van der Waals surface area contributed by atoms with Crippen LogP contribution in [0.25, 0.3) is 0 Å². The van der Waals surface area contributed by atoms with E-state index in [1.807, 2.05) is 13.1 Å². The van der Waals surface area contributed by atoms with Crippen LogP contribution in [-0.2, 0) is 0 Å². The molecule has 0 bridgehead atoms. The molecular formula is C23H45N. The molecule has 1 nitrogen and oxygen atoms in total. The fourth-order valence-electron chi connectivity index (χ4n) is 3.23. The highest BCUT2D eigenvalue weighted by atomic mass is 14.8. The molecule has 0 unspecified atom stereocenters. The van der Waals surface area contributed by atoms with Crippen LogP contribution < -0.4 is 5.32 Å². The van der Waals surface area contributed by atoms with Crippen LogP contribution in [0.3, 0.4) is 0 Å². The van der Waals surface area contributed by atoms with E-state index in [0.29, 0.717) is 0 Å². The summed E-state index contributed by atoms with van der Waals surface area (Å²) in [7, 11) is 1.97. The second kappa shape index (κ2) is 20.3. The van der Waals surface area contributed by atoms with Gasteiger partial charge in [-0.1, -0.05) is 103 Å². The number of nitrogens with one attached hydrogen (secondary N) is 1. The molecule has 0 saturated carbocycles. The van der Waals surface area contributed by atoms with Crippen molar-refractivity contribution in [2.45, 2.75) is 116 Å². The van der Waals surface area contributed by atoms with E-state index in [-0.39, 0.29) is 0 Å². The lowest BCUT2D eigenvalue weighted by Gasteiger charge is -2.05. The van der Waals surface area contributed by atoms with Gasteiger partial charge < -0.3 is 5.32 Å². The molecule has 24 heavy (non-hydrogen) atoms. The average molecular weight is 336 g/mol. The van der Waals surface area contributed by atoms with Gasteiger partial charge in [0.2, 0.25) is 0 Å². The van der Waals surface area contributed by atoms with Gasteiger partial charge in [0.15, 0.2) is 0 Å². The molecule has 0 spiro atoms. The van der Waals surface area contributed by atoms with E-state index in [2.05, 4.69) is 18.5 Å². The molecule has 0 aliphatic rings. The Bertz CT molecular complexity index is 269. The van der Waals surface area contributed by atoms with Gasteiger partial charge in [-0.05, 0) is 25.7 Å². The molecule has 0 aliphatic heterocycles. The molecule has 0 aromatic rings. The Hall–Kier alpha value is -0.720. The maximum Gasteiger partial charge on any atom is 0.00310 e. The summed E-state index contributed by atoms with van der Waals surface area (Å²) >= 11 is 0. The summed E-state index contributed by atoms with van der Waals surface area (Å²) in [6.07, 6.45) is 27.1. The first-order valence-corrected chi connectivity index (χ1v) is 10.8. The largest absolute Gasteiger partial charge is 0.392 e. The lowest BCUT2D eigenvalue weighted by atomic mass is 10.0. The SMILES string of the molecule is C=CCCCCCCCCCCCCCCCCCCC(=C)NC. The summed E-state index contributed by atoms with van der Waals surface area (Å²) in [5, 5.41) is 3.12. The van der Waals surface area contributed by atoms with Crippen molar-refractivity contribution in [1.29, 1.82) is 0 Å². The molecule has 0 heterocycles. The number of hydrogen-bond acceptors (Lipinski definition) is 1. The third kappa shape index (κ3) is 19.3. The first kappa shape index (κ1) is 23.3. The molecule has 1 N–H and O–H groups in total. The Morgan fingerprint density at radius 2 is 0.958 bits per heavy atom. The van der Waals surface area contributed by atoms with Crippen molar-refractivity contribution < 1.29 is 0 Å². The first-order chi connectivity index (χ1) is 11.8. The molecule has 0 fully saturated rings. The van der Waals surface area contributed by atoms with E-state index in [4.69, 9.17) is 0 Å². The Balaban J connectivity index is 3.00. The molecule has 0 aromatic carbocycles. The van der Waals surface area contributed by atoms with Gasteiger partial charge in [-0.15, -0.1) is 6.58 Å². The molecule has 0 saturated heterocycles. The predicted octanol–water partition coefficient (Wildman–Crippen LogP) is 7.93. The van der Waals surface area contributed by atoms with Crippen molar-refractivity contribution in [2.75, 3.05) is 7.05 Å². The molecule has 0 radical (unpaired) electrons. The Morgan fingerprint density at radius 3 is 1.29 bits per heavy atom. The number of unbranched alkanes of at least 4 members (excludes halogenated alkanes) is 16. The summed E-state index contributed by atoms with van der Waals surface area (Å²) < 4.78 is 0. The molecule has 0 aliphatic carbocycles. The van der Waals surface area contributed by atoms with Crippen LogP contribution in [-0.4, -0.2) is 7.05 Å². The van der Waals surface area contributed by atoms with E-state index in [1.165, 1.54) is 115 Å². The van der Waals surface area contributed by atoms with Gasteiger partial charge in [-0.25, -0.2) is 0 Å². The van der Waals surface area contributed by atoms with E-state index >= 15 is 0 Å². The molecule has 0 aromatic heterocycles. The first-order valence-electron chi connectivity index (χ1n) is 10.8. The second-order valence-corrected chi connectivity index (χ2v) is 7.34. The number of hydrogen-bond donors (Lipinski definition) is 1. The van der Waals surface area contributed by atoms with Crippen molar-refractivity contribution in [3.05, 3.63) is 24.9 Å². The number of allylic oxidation sites excluding steroid dienone is 2. The van der Waals surface area contributed by atoms with E-state index in [1.54, 1.807) is 0 Å². The third-order valence-electron chi connectivity index (χ3n) is 4.99. The van der Waals surface area contributed by atoms with Gasteiger partial charge in [0, 0.05) is 12.7 Å². The number of rotatable bonds is 20. The zero-order valence-electron chi connectivity index (χ0n) is 16.7. The third-order valence-corrected chi connectivity index (χ3v) is 4.99. The maximum absolute atomic E-state index is 3.97. The quantitative estimate of drug-likeness (QED) is 0.176. The van der Waals surface area contributed by atoms with E-state index in [0.717, 1.165) is 6.42 Å². The van der Waals surface area contributed by atoms with Gasteiger partial charge >= 0.3 is 0 Å². The van der Waals surface area contributed by atoms with Gasteiger partial charge in [0.25, 0.3) is 0 Å². The standard InChI is InChI=1S/C23H45N/c1-4-5-6-7-8-9-10-11-12-13-14-15-16-17-18-19-20-21-22-23(2)24-3/h4,24H,1-2,5-22H2,3H3. The van der Waals surface area contributed by atoms with Gasteiger partial charge in [-0.3, -0.25) is 0 Å². The highest BCUT2D eigenvalue weighted by Crippen LogP contribution is 2.14. The second-order valence-electron chi connectivity index (χ2n) is 7.34. The van der Waals surface area contributed by atoms with Crippen LogP contribution in [0, 0.1) is 0 Å². The fourth-order valence-corrected chi connectivity index (χ4v) is 3.23. The Labute approximate surface area is 153 Å².